The summed E-state index contributed by atoms with van der Waals surface area (Å²) >= 11 is 0. The van der Waals surface area contributed by atoms with Gasteiger partial charge in [0.2, 0.25) is 5.91 Å². The second-order valence-electron chi connectivity index (χ2n) is 10.5. The minimum Gasteiger partial charge on any atom is -0.490 e. The first-order valence-electron chi connectivity index (χ1n) is 13.0. The molecule has 2 aromatic carbocycles. The number of hydrogen-bond donors (Lipinski definition) is 1. The third kappa shape index (κ3) is 5.43. The van der Waals surface area contributed by atoms with Gasteiger partial charge in [-0.05, 0) is 67.9 Å². The summed E-state index contributed by atoms with van der Waals surface area (Å²) in [5.74, 6) is 0.407. The van der Waals surface area contributed by atoms with E-state index in [0.29, 0.717) is 17.2 Å². The summed E-state index contributed by atoms with van der Waals surface area (Å²) < 4.78 is 33.5. The molecule has 0 spiro atoms. The van der Waals surface area contributed by atoms with Crippen molar-refractivity contribution in [3.05, 3.63) is 59.7 Å². The van der Waals surface area contributed by atoms with Crippen molar-refractivity contribution >= 4 is 21.8 Å². The van der Waals surface area contributed by atoms with Crippen LogP contribution in [0.4, 0.5) is 4.79 Å². The van der Waals surface area contributed by atoms with Gasteiger partial charge in [-0.15, -0.1) is 0 Å². The first-order valence-corrected chi connectivity index (χ1v) is 14.7. The summed E-state index contributed by atoms with van der Waals surface area (Å²) in [6, 6.07) is 14.5. The van der Waals surface area contributed by atoms with E-state index >= 15 is 0 Å². The van der Waals surface area contributed by atoms with Gasteiger partial charge in [0.1, 0.15) is 12.3 Å². The van der Waals surface area contributed by atoms with Crippen LogP contribution in [-0.4, -0.2) is 43.7 Å². The van der Waals surface area contributed by atoms with E-state index in [0.717, 1.165) is 68.9 Å². The number of sulfone groups is 1. The Morgan fingerprint density at radius 2 is 1.67 bits per heavy atom. The number of carbonyl (C=O) groups is 2. The first-order chi connectivity index (χ1) is 17.3. The molecule has 1 saturated heterocycles. The van der Waals surface area contributed by atoms with Crippen LogP contribution in [-0.2, 0) is 26.6 Å². The van der Waals surface area contributed by atoms with Crippen molar-refractivity contribution in [2.24, 2.45) is 0 Å². The Bertz CT molecular complexity index is 1210. The highest BCUT2D eigenvalue weighted by Crippen LogP contribution is 2.42. The average molecular weight is 511 g/mol. The Balaban J connectivity index is 1.35. The first kappa shape index (κ1) is 24.8. The molecule has 3 amide bonds. The molecular weight excluding hydrogens is 476 g/mol. The van der Waals surface area contributed by atoms with Gasteiger partial charge in [-0.2, -0.15) is 0 Å². The number of ether oxygens (including phenoxy) is 1. The zero-order chi connectivity index (χ0) is 25.2. The lowest BCUT2D eigenvalue weighted by Crippen LogP contribution is -2.37. The van der Waals surface area contributed by atoms with Gasteiger partial charge in [0.05, 0.1) is 16.8 Å². The Hall–Kier alpha value is -2.87. The van der Waals surface area contributed by atoms with E-state index in [1.807, 2.05) is 30.3 Å². The molecule has 8 heteroatoms. The topological polar surface area (TPSA) is 92.8 Å². The molecule has 2 aromatic rings. The molecule has 0 unspecified atom stereocenters. The summed E-state index contributed by atoms with van der Waals surface area (Å²) in [6.07, 6.45) is 9.30. The van der Waals surface area contributed by atoms with Crippen molar-refractivity contribution in [2.45, 2.75) is 80.7 Å². The minimum atomic E-state index is -3.54. The number of benzene rings is 2. The van der Waals surface area contributed by atoms with E-state index < -0.39 is 15.3 Å². The standard InChI is InChI=1S/C28H34N2O5S/c31-26-19-30(27(32)29-26)18-21-11-13-22(14-12-21)28(15-4-1-5-16-28)20-36(33,34)25-10-6-9-24(17-25)35-23-7-2-3-8-23/h6,9-14,17,23H,1-5,7-8,15-16,18-20H2,(H,29,31,32). The van der Waals surface area contributed by atoms with Gasteiger partial charge in [-0.3, -0.25) is 10.1 Å². The Morgan fingerprint density at radius 3 is 2.33 bits per heavy atom. The smallest absolute Gasteiger partial charge is 0.324 e. The van der Waals surface area contributed by atoms with Gasteiger partial charge in [-0.1, -0.05) is 49.6 Å². The van der Waals surface area contributed by atoms with Crippen LogP contribution in [0.3, 0.4) is 0 Å². The van der Waals surface area contributed by atoms with Crippen molar-refractivity contribution in [2.75, 3.05) is 12.3 Å². The molecule has 1 aliphatic heterocycles. The third-order valence-electron chi connectivity index (χ3n) is 7.85. The number of nitrogens with one attached hydrogen (secondary N) is 1. The predicted molar refractivity (Wildman–Crippen MR) is 137 cm³/mol. The number of urea groups is 1. The summed E-state index contributed by atoms with van der Waals surface area (Å²) in [5, 5.41) is 2.29. The Labute approximate surface area is 213 Å². The summed E-state index contributed by atoms with van der Waals surface area (Å²) in [5.41, 5.74) is 1.49. The van der Waals surface area contributed by atoms with Gasteiger partial charge >= 0.3 is 6.03 Å². The predicted octanol–water partition coefficient (Wildman–Crippen LogP) is 4.74. The highest BCUT2D eigenvalue weighted by Gasteiger charge is 2.39. The molecule has 7 nitrogen and oxygen atoms in total. The number of amides is 3. The van der Waals surface area contributed by atoms with Crippen molar-refractivity contribution in [1.29, 1.82) is 0 Å². The van der Waals surface area contributed by atoms with Gasteiger partial charge in [-0.25, -0.2) is 13.2 Å². The van der Waals surface area contributed by atoms with Crippen molar-refractivity contribution in [1.82, 2.24) is 10.2 Å². The molecule has 0 radical (unpaired) electrons. The molecule has 3 aliphatic rings. The molecule has 0 atom stereocenters. The molecule has 2 aliphatic carbocycles. The van der Waals surface area contributed by atoms with E-state index in [4.69, 9.17) is 4.74 Å². The van der Waals surface area contributed by atoms with Crippen LogP contribution in [0.15, 0.2) is 53.4 Å². The van der Waals surface area contributed by atoms with Crippen molar-refractivity contribution < 1.29 is 22.7 Å². The lowest BCUT2D eigenvalue weighted by Gasteiger charge is -2.38. The number of rotatable bonds is 8. The van der Waals surface area contributed by atoms with Crippen LogP contribution < -0.4 is 10.1 Å². The number of hydrogen-bond acceptors (Lipinski definition) is 5. The van der Waals surface area contributed by atoms with E-state index in [1.165, 1.54) is 4.90 Å². The fourth-order valence-corrected chi connectivity index (χ4v) is 7.86. The van der Waals surface area contributed by atoms with E-state index in [2.05, 4.69) is 5.32 Å². The monoisotopic (exact) mass is 510 g/mol. The van der Waals surface area contributed by atoms with E-state index in [9.17, 15) is 18.0 Å². The van der Waals surface area contributed by atoms with Crippen LogP contribution in [0, 0.1) is 0 Å². The average Bonchev–Trinajstić information content (AvgIpc) is 3.48. The van der Waals surface area contributed by atoms with Crippen LogP contribution >= 0.6 is 0 Å². The number of carbonyl (C=O) groups excluding carboxylic acids is 2. The molecule has 1 N–H and O–H groups in total. The molecule has 5 rings (SSSR count). The van der Waals surface area contributed by atoms with E-state index in [1.54, 1.807) is 18.2 Å². The van der Waals surface area contributed by atoms with E-state index in [-0.39, 0.29) is 30.3 Å². The second kappa shape index (κ2) is 10.2. The molecule has 192 valence electrons. The van der Waals surface area contributed by atoms with Gasteiger partial charge in [0, 0.05) is 12.0 Å². The molecular formula is C28H34N2O5S. The maximum atomic E-state index is 13.7. The molecule has 36 heavy (non-hydrogen) atoms. The van der Waals surface area contributed by atoms with Crippen molar-refractivity contribution in [3.63, 3.8) is 0 Å². The fourth-order valence-electron chi connectivity index (χ4n) is 5.93. The highest BCUT2D eigenvalue weighted by atomic mass is 32.2. The Kier molecular flexibility index (Phi) is 7.06. The summed E-state index contributed by atoms with van der Waals surface area (Å²) in [4.78, 5) is 25.2. The normalized spacial score (nSPS) is 20.5. The van der Waals surface area contributed by atoms with Gasteiger partial charge in [0.25, 0.3) is 0 Å². The zero-order valence-corrected chi connectivity index (χ0v) is 21.4. The molecule has 3 fully saturated rings. The highest BCUT2D eigenvalue weighted by molar-refractivity contribution is 7.91. The van der Waals surface area contributed by atoms with Crippen molar-refractivity contribution in [3.8, 4) is 5.75 Å². The lowest BCUT2D eigenvalue weighted by atomic mass is 9.71. The minimum absolute atomic E-state index is 0.0618. The van der Waals surface area contributed by atoms with Gasteiger partial charge in [0.15, 0.2) is 9.84 Å². The summed E-state index contributed by atoms with van der Waals surface area (Å²) in [7, 11) is -3.54. The van der Waals surface area contributed by atoms with Crippen LogP contribution in [0.25, 0.3) is 0 Å². The SMILES string of the molecule is O=C1CN(Cc2ccc(C3(CS(=O)(=O)c4cccc(OC5CCCC5)c4)CCCCC3)cc2)C(=O)N1. The van der Waals surface area contributed by atoms with Crippen LogP contribution in [0.2, 0.25) is 0 Å². The zero-order valence-electron chi connectivity index (χ0n) is 20.6. The summed E-state index contributed by atoms with van der Waals surface area (Å²) in [6.45, 7) is 0.406. The van der Waals surface area contributed by atoms with Gasteiger partial charge < -0.3 is 9.64 Å². The maximum absolute atomic E-state index is 13.7. The largest absolute Gasteiger partial charge is 0.490 e. The second-order valence-corrected chi connectivity index (χ2v) is 12.5. The maximum Gasteiger partial charge on any atom is 0.324 e. The Morgan fingerprint density at radius 1 is 0.944 bits per heavy atom. The van der Waals surface area contributed by atoms with Crippen LogP contribution in [0.1, 0.15) is 68.9 Å². The number of nitrogens with zero attached hydrogens (tertiary/aromatic N) is 1. The number of imide groups is 1. The molecule has 2 saturated carbocycles. The molecule has 0 aromatic heterocycles. The quantitative estimate of drug-likeness (QED) is 0.518. The molecule has 1 heterocycles. The molecule has 0 bridgehead atoms. The lowest BCUT2D eigenvalue weighted by molar-refractivity contribution is -0.118. The third-order valence-corrected chi connectivity index (χ3v) is 9.76. The van der Waals surface area contributed by atoms with Crippen LogP contribution in [0.5, 0.6) is 5.75 Å². The fraction of sp³-hybridized carbons (Fsp3) is 0.500.